The molecule has 1 atom stereocenters. The Morgan fingerprint density at radius 2 is 2.07 bits per heavy atom. The van der Waals surface area contributed by atoms with Gasteiger partial charge in [0.05, 0.1) is 25.5 Å². The molecule has 2 fully saturated rings. The third-order valence-electron chi connectivity index (χ3n) is 6.16. The van der Waals surface area contributed by atoms with Gasteiger partial charge in [-0.25, -0.2) is 4.98 Å². The van der Waals surface area contributed by atoms with Gasteiger partial charge >= 0.3 is 0 Å². The van der Waals surface area contributed by atoms with E-state index in [4.69, 9.17) is 18.9 Å². The van der Waals surface area contributed by atoms with Crippen molar-refractivity contribution in [3.05, 3.63) is 29.7 Å². The first-order valence-corrected chi connectivity index (χ1v) is 10.8. The summed E-state index contributed by atoms with van der Waals surface area (Å²) >= 11 is 0. The van der Waals surface area contributed by atoms with Crippen LogP contribution in [0.1, 0.15) is 37.1 Å². The van der Waals surface area contributed by atoms with Crippen LogP contribution in [0.3, 0.4) is 0 Å². The molecule has 2 aliphatic rings. The Morgan fingerprint density at radius 1 is 1.20 bits per heavy atom. The van der Waals surface area contributed by atoms with Gasteiger partial charge in [-0.2, -0.15) is 0 Å². The quantitative estimate of drug-likeness (QED) is 0.692. The number of hydrogen-bond donors (Lipinski definition) is 0. The predicted molar refractivity (Wildman–Crippen MR) is 114 cm³/mol. The average molecular weight is 414 g/mol. The molecule has 162 valence electrons. The molecular formula is C23H31N3O4. The Balaban J connectivity index is 1.44. The first-order chi connectivity index (χ1) is 14.6. The number of rotatable bonds is 7. The van der Waals surface area contributed by atoms with E-state index in [0.717, 1.165) is 68.3 Å². The highest BCUT2D eigenvalue weighted by Gasteiger charge is 2.27. The predicted octanol–water partition coefficient (Wildman–Crippen LogP) is 3.50. The second kappa shape index (κ2) is 9.08. The molecule has 2 aromatic rings. The monoisotopic (exact) mass is 413 g/mol. The summed E-state index contributed by atoms with van der Waals surface area (Å²) in [4.78, 5) is 21.2. The average Bonchev–Trinajstić information content (AvgIpc) is 3.33. The molecule has 0 saturated carbocycles. The van der Waals surface area contributed by atoms with Gasteiger partial charge in [-0.05, 0) is 50.8 Å². The number of carbonyl (C=O) groups is 1. The maximum absolute atomic E-state index is 12.0. The Morgan fingerprint density at radius 3 is 2.80 bits per heavy atom. The van der Waals surface area contributed by atoms with E-state index in [0.29, 0.717) is 29.9 Å². The van der Waals surface area contributed by atoms with Crippen LogP contribution < -0.4 is 9.47 Å². The minimum atomic E-state index is 0.317. The van der Waals surface area contributed by atoms with Gasteiger partial charge in [0.25, 0.3) is 0 Å². The molecule has 0 N–H and O–H groups in total. The fourth-order valence-electron chi connectivity index (χ4n) is 4.53. The smallest absolute Gasteiger partial charge is 0.230 e. The molecule has 1 aromatic heterocycles. The van der Waals surface area contributed by atoms with Crippen LogP contribution in [-0.4, -0.2) is 61.1 Å². The number of benzene rings is 1. The highest BCUT2D eigenvalue weighted by Crippen LogP contribution is 2.34. The Hall–Kier alpha value is -2.54. The third-order valence-corrected chi connectivity index (χ3v) is 6.16. The summed E-state index contributed by atoms with van der Waals surface area (Å²) < 4.78 is 16.8. The topological polar surface area (TPSA) is 68.0 Å². The maximum Gasteiger partial charge on any atom is 0.230 e. The number of nitrogens with zero attached hydrogens (tertiary/aromatic N) is 3. The van der Waals surface area contributed by atoms with E-state index in [2.05, 4.69) is 4.90 Å². The van der Waals surface area contributed by atoms with Crippen molar-refractivity contribution in [3.63, 3.8) is 0 Å². The van der Waals surface area contributed by atoms with Gasteiger partial charge in [-0.15, -0.1) is 0 Å². The van der Waals surface area contributed by atoms with Crippen LogP contribution in [0.4, 0.5) is 0 Å². The number of aromatic nitrogens is 1. The van der Waals surface area contributed by atoms with Crippen LogP contribution in [0, 0.1) is 12.8 Å². The van der Waals surface area contributed by atoms with Crippen LogP contribution in [-0.2, 0) is 11.3 Å². The SMILES string of the molecule is COc1ccc(-c2nc(CN3CCC[C@H](CN4CCCC4=O)C3)c(C)o2)c(OC)c1. The van der Waals surface area contributed by atoms with Crippen molar-refractivity contribution >= 4 is 5.91 Å². The summed E-state index contributed by atoms with van der Waals surface area (Å²) in [6.45, 7) is 6.59. The second-order valence-corrected chi connectivity index (χ2v) is 8.27. The summed E-state index contributed by atoms with van der Waals surface area (Å²) in [7, 11) is 3.27. The van der Waals surface area contributed by atoms with E-state index < -0.39 is 0 Å². The standard InChI is InChI=1S/C23H31N3O4/c1-16-20(24-23(30-16)19-9-8-18(28-2)12-21(19)29-3)15-25-10-4-6-17(13-25)14-26-11-5-7-22(26)27/h8-9,12,17H,4-7,10-11,13-15H2,1-3H3/t17-/m0/s1. The molecular weight excluding hydrogens is 382 g/mol. The lowest BCUT2D eigenvalue weighted by Crippen LogP contribution is -2.41. The van der Waals surface area contributed by atoms with Gasteiger partial charge in [0.15, 0.2) is 0 Å². The molecule has 7 heteroatoms. The molecule has 0 unspecified atom stereocenters. The number of likely N-dealkylation sites (tertiary alicyclic amines) is 2. The van der Waals surface area contributed by atoms with Gasteiger partial charge in [-0.3, -0.25) is 9.69 Å². The number of aryl methyl sites for hydroxylation is 1. The number of methoxy groups -OCH3 is 2. The molecule has 0 spiro atoms. The molecule has 0 bridgehead atoms. The second-order valence-electron chi connectivity index (χ2n) is 8.27. The third kappa shape index (κ3) is 4.46. The first-order valence-electron chi connectivity index (χ1n) is 10.8. The number of carbonyl (C=O) groups excluding carboxylic acids is 1. The molecule has 1 amide bonds. The molecule has 0 radical (unpaired) electrons. The van der Waals surface area contributed by atoms with Crippen molar-refractivity contribution in [2.24, 2.45) is 5.92 Å². The van der Waals surface area contributed by atoms with Crippen LogP contribution in [0.5, 0.6) is 11.5 Å². The normalized spacial score (nSPS) is 20.0. The fourth-order valence-corrected chi connectivity index (χ4v) is 4.53. The molecule has 30 heavy (non-hydrogen) atoms. The molecule has 7 nitrogen and oxygen atoms in total. The zero-order chi connectivity index (χ0) is 21.1. The molecule has 1 aromatic carbocycles. The maximum atomic E-state index is 12.0. The van der Waals surface area contributed by atoms with Crippen LogP contribution in [0.2, 0.25) is 0 Å². The zero-order valence-electron chi connectivity index (χ0n) is 18.1. The summed E-state index contributed by atoms with van der Waals surface area (Å²) in [6.07, 6.45) is 4.06. The Bertz CT molecular complexity index is 895. The van der Waals surface area contributed by atoms with Crippen molar-refractivity contribution in [3.8, 4) is 23.0 Å². The van der Waals surface area contributed by atoms with Gasteiger partial charge in [0.2, 0.25) is 11.8 Å². The van der Waals surface area contributed by atoms with Crippen molar-refractivity contribution in [1.29, 1.82) is 0 Å². The molecule has 2 aliphatic heterocycles. The van der Waals surface area contributed by atoms with Gasteiger partial charge in [0, 0.05) is 38.7 Å². The summed E-state index contributed by atoms with van der Waals surface area (Å²) in [6, 6.07) is 5.63. The minimum Gasteiger partial charge on any atom is -0.497 e. The lowest BCUT2D eigenvalue weighted by molar-refractivity contribution is -0.128. The number of piperidine rings is 1. The highest BCUT2D eigenvalue weighted by molar-refractivity contribution is 5.78. The molecule has 4 rings (SSSR count). The van der Waals surface area contributed by atoms with Gasteiger partial charge < -0.3 is 18.8 Å². The molecule has 2 saturated heterocycles. The zero-order valence-corrected chi connectivity index (χ0v) is 18.1. The molecule has 0 aliphatic carbocycles. The summed E-state index contributed by atoms with van der Waals surface area (Å²) in [5, 5.41) is 0. The van der Waals surface area contributed by atoms with E-state index in [1.54, 1.807) is 14.2 Å². The van der Waals surface area contributed by atoms with Crippen LogP contribution in [0.15, 0.2) is 22.6 Å². The largest absolute Gasteiger partial charge is 0.497 e. The van der Waals surface area contributed by atoms with Crippen molar-refractivity contribution in [1.82, 2.24) is 14.8 Å². The minimum absolute atomic E-state index is 0.317. The van der Waals surface area contributed by atoms with Crippen LogP contribution >= 0.6 is 0 Å². The number of amides is 1. The van der Waals surface area contributed by atoms with E-state index in [1.165, 1.54) is 6.42 Å². The van der Waals surface area contributed by atoms with Crippen LogP contribution in [0.25, 0.3) is 11.5 Å². The highest BCUT2D eigenvalue weighted by atomic mass is 16.5. The van der Waals surface area contributed by atoms with E-state index >= 15 is 0 Å². The number of oxazole rings is 1. The van der Waals surface area contributed by atoms with Crippen molar-refractivity contribution in [2.45, 2.75) is 39.2 Å². The van der Waals surface area contributed by atoms with Crippen molar-refractivity contribution in [2.75, 3.05) is 40.4 Å². The summed E-state index contributed by atoms with van der Waals surface area (Å²) in [5.41, 5.74) is 1.78. The van der Waals surface area contributed by atoms with Gasteiger partial charge in [-0.1, -0.05) is 0 Å². The lowest BCUT2D eigenvalue weighted by atomic mass is 9.97. The van der Waals surface area contributed by atoms with E-state index in [-0.39, 0.29) is 0 Å². The van der Waals surface area contributed by atoms with Gasteiger partial charge in [0.1, 0.15) is 17.3 Å². The first kappa shape index (κ1) is 20.7. The Labute approximate surface area is 178 Å². The van der Waals surface area contributed by atoms with Crippen molar-refractivity contribution < 1.29 is 18.7 Å². The summed E-state index contributed by atoms with van der Waals surface area (Å²) in [5.74, 6) is 3.66. The fraction of sp³-hybridized carbons (Fsp3) is 0.565. The Kier molecular flexibility index (Phi) is 6.27. The van der Waals surface area contributed by atoms with E-state index in [1.807, 2.05) is 30.0 Å². The van der Waals surface area contributed by atoms with E-state index in [9.17, 15) is 4.79 Å². The molecule has 3 heterocycles. The number of hydrogen-bond acceptors (Lipinski definition) is 6. The number of ether oxygens (including phenoxy) is 2. The lowest BCUT2D eigenvalue weighted by Gasteiger charge is -2.34.